The molecular weight excluding hydrogens is 212 g/mol. The van der Waals surface area contributed by atoms with Crippen LogP contribution in [0.1, 0.15) is 25.8 Å². The average molecular weight is 232 g/mol. The molecule has 0 saturated carbocycles. The molecule has 0 amide bonds. The van der Waals surface area contributed by atoms with E-state index in [0.717, 1.165) is 18.7 Å². The Morgan fingerprint density at radius 3 is 2.47 bits per heavy atom. The van der Waals surface area contributed by atoms with Crippen LogP contribution in [0, 0.1) is 11.3 Å². The fourth-order valence-electron chi connectivity index (χ4n) is 1.74. The molecule has 0 aliphatic heterocycles. The van der Waals surface area contributed by atoms with Crippen LogP contribution in [0.2, 0.25) is 0 Å². The van der Waals surface area contributed by atoms with Gasteiger partial charge in [-0.2, -0.15) is 5.26 Å². The third-order valence-corrected chi connectivity index (χ3v) is 2.99. The quantitative estimate of drug-likeness (QED) is 0.756. The van der Waals surface area contributed by atoms with Gasteiger partial charge in [0.05, 0.1) is 18.2 Å². The molecule has 3 nitrogen and oxygen atoms in total. The van der Waals surface area contributed by atoms with Crippen LogP contribution in [-0.2, 0) is 4.74 Å². The predicted octanol–water partition coefficient (Wildman–Crippen LogP) is 2.81. The highest BCUT2D eigenvalue weighted by Gasteiger charge is 2.12. The molecule has 0 aromatic heterocycles. The minimum atomic E-state index is 0.470. The van der Waals surface area contributed by atoms with Gasteiger partial charge in [0.2, 0.25) is 0 Å². The Hall–Kier alpha value is -1.53. The van der Waals surface area contributed by atoms with Gasteiger partial charge in [0.25, 0.3) is 0 Å². The van der Waals surface area contributed by atoms with Gasteiger partial charge in [-0.1, -0.05) is 6.92 Å². The molecule has 1 atom stereocenters. The summed E-state index contributed by atoms with van der Waals surface area (Å²) in [7, 11) is 1.72. The van der Waals surface area contributed by atoms with E-state index in [4.69, 9.17) is 10.00 Å². The monoisotopic (exact) mass is 232 g/mol. The first-order chi connectivity index (χ1) is 8.22. The third-order valence-electron chi connectivity index (χ3n) is 2.99. The van der Waals surface area contributed by atoms with Gasteiger partial charge < -0.3 is 9.64 Å². The zero-order chi connectivity index (χ0) is 12.7. The molecule has 92 valence electrons. The highest BCUT2D eigenvalue weighted by Crippen LogP contribution is 2.18. The fourth-order valence-corrected chi connectivity index (χ4v) is 1.74. The zero-order valence-electron chi connectivity index (χ0n) is 10.8. The fraction of sp³-hybridized carbons (Fsp3) is 0.500. The van der Waals surface area contributed by atoms with Crippen LogP contribution in [0.5, 0.6) is 0 Å². The summed E-state index contributed by atoms with van der Waals surface area (Å²) < 4.78 is 5.14. The van der Waals surface area contributed by atoms with Gasteiger partial charge in [-0.15, -0.1) is 0 Å². The van der Waals surface area contributed by atoms with E-state index in [9.17, 15) is 0 Å². The second kappa shape index (κ2) is 6.93. The lowest BCUT2D eigenvalue weighted by atomic mass is 10.1. The van der Waals surface area contributed by atoms with Crippen molar-refractivity contribution in [3.63, 3.8) is 0 Å². The Labute approximate surface area is 104 Å². The largest absolute Gasteiger partial charge is 0.383 e. The number of benzene rings is 1. The predicted molar refractivity (Wildman–Crippen MR) is 70.1 cm³/mol. The molecule has 0 aliphatic carbocycles. The first kappa shape index (κ1) is 13.5. The molecule has 3 heteroatoms. The van der Waals surface area contributed by atoms with Crippen molar-refractivity contribution >= 4 is 5.69 Å². The molecule has 0 spiro atoms. The second-order valence-corrected chi connectivity index (χ2v) is 4.10. The van der Waals surface area contributed by atoms with Crippen LogP contribution in [-0.4, -0.2) is 26.3 Å². The van der Waals surface area contributed by atoms with Gasteiger partial charge in [-0.3, -0.25) is 0 Å². The van der Waals surface area contributed by atoms with Crippen LogP contribution < -0.4 is 4.90 Å². The molecule has 1 unspecified atom stereocenters. The number of ether oxygens (including phenoxy) is 1. The first-order valence-electron chi connectivity index (χ1n) is 5.98. The minimum Gasteiger partial charge on any atom is -0.383 e. The molecule has 1 aromatic rings. The summed E-state index contributed by atoms with van der Waals surface area (Å²) in [5.41, 5.74) is 1.85. The summed E-state index contributed by atoms with van der Waals surface area (Å²) >= 11 is 0. The third kappa shape index (κ3) is 3.76. The molecule has 0 bridgehead atoms. The van der Waals surface area contributed by atoms with Crippen molar-refractivity contribution in [2.24, 2.45) is 0 Å². The van der Waals surface area contributed by atoms with Crippen LogP contribution in [0.4, 0.5) is 5.69 Å². The molecule has 1 aromatic carbocycles. The van der Waals surface area contributed by atoms with Crippen LogP contribution in [0.3, 0.4) is 0 Å². The Bertz CT molecular complexity index is 367. The SMILES string of the molecule is CCC(C)N(CCOC)c1ccc(C#N)cc1. The number of hydrogen-bond donors (Lipinski definition) is 0. The summed E-state index contributed by atoms with van der Waals surface area (Å²) in [5, 5.41) is 8.78. The lowest BCUT2D eigenvalue weighted by molar-refractivity contribution is 0.203. The van der Waals surface area contributed by atoms with Crippen molar-refractivity contribution in [2.45, 2.75) is 26.3 Å². The van der Waals surface area contributed by atoms with E-state index in [1.807, 2.05) is 24.3 Å². The van der Waals surface area contributed by atoms with Gasteiger partial charge in [-0.05, 0) is 37.6 Å². The van der Waals surface area contributed by atoms with E-state index in [0.29, 0.717) is 18.2 Å². The highest BCUT2D eigenvalue weighted by molar-refractivity contribution is 5.50. The Kier molecular flexibility index (Phi) is 5.51. The van der Waals surface area contributed by atoms with Crippen molar-refractivity contribution in [3.05, 3.63) is 29.8 Å². The lowest BCUT2D eigenvalue weighted by Gasteiger charge is -2.30. The topological polar surface area (TPSA) is 36.3 Å². The van der Waals surface area contributed by atoms with Gasteiger partial charge in [0, 0.05) is 25.4 Å². The molecule has 0 saturated heterocycles. The number of methoxy groups -OCH3 is 1. The summed E-state index contributed by atoms with van der Waals surface area (Å²) in [4.78, 5) is 2.31. The molecule has 0 radical (unpaired) electrons. The molecule has 0 aliphatic rings. The summed E-state index contributed by atoms with van der Waals surface area (Å²) in [6.07, 6.45) is 1.09. The van der Waals surface area contributed by atoms with E-state index in [1.165, 1.54) is 0 Å². The van der Waals surface area contributed by atoms with E-state index in [2.05, 4.69) is 24.8 Å². The number of hydrogen-bond acceptors (Lipinski definition) is 3. The van der Waals surface area contributed by atoms with Gasteiger partial charge in [0.1, 0.15) is 0 Å². The maximum Gasteiger partial charge on any atom is 0.0991 e. The van der Waals surface area contributed by atoms with E-state index in [-0.39, 0.29) is 0 Å². The summed E-state index contributed by atoms with van der Waals surface area (Å²) in [5.74, 6) is 0. The Morgan fingerprint density at radius 2 is 2.00 bits per heavy atom. The molecule has 17 heavy (non-hydrogen) atoms. The highest BCUT2D eigenvalue weighted by atomic mass is 16.5. The Balaban J connectivity index is 2.84. The van der Waals surface area contributed by atoms with E-state index in [1.54, 1.807) is 7.11 Å². The second-order valence-electron chi connectivity index (χ2n) is 4.10. The minimum absolute atomic E-state index is 0.470. The normalized spacial score (nSPS) is 11.9. The number of nitrogens with zero attached hydrogens (tertiary/aromatic N) is 2. The van der Waals surface area contributed by atoms with Gasteiger partial charge >= 0.3 is 0 Å². The zero-order valence-corrected chi connectivity index (χ0v) is 10.8. The molecule has 0 N–H and O–H groups in total. The van der Waals surface area contributed by atoms with Crippen LogP contribution >= 0.6 is 0 Å². The maximum atomic E-state index is 8.78. The van der Waals surface area contributed by atoms with Crippen molar-refractivity contribution in [1.29, 1.82) is 5.26 Å². The first-order valence-corrected chi connectivity index (χ1v) is 5.98. The summed E-state index contributed by atoms with van der Waals surface area (Å²) in [6.45, 7) is 5.96. The standard InChI is InChI=1S/C14H20N2O/c1-4-12(2)16(9-10-17-3)14-7-5-13(11-15)6-8-14/h5-8,12H,4,9-10H2,1-3H3. The van der Waals surface area contributed by atoms with Gasteiger partial charge in [0.15, 0.2) is 0 Å². The van der Waals surface area contributed by atoms with Crippen LogP contribution in [0.15, 0.2) is 24.3 Å². The van der Waals surface area contributed by atoms with Gasteiger partial charge in [-0.25, -0.2) is 0 Å². The van der Waals surface area contributed by atoms with Crippen molar-refractivity contribution in [3.8, 4) is 6.07 Å². The smallest absolute Gasteiger partial charge is 0.0991 e. The number of rotatable bonds is 6. The molecule has 0 heterocycles. The van der Waals surface area contributed by atoms with E-state index < -0.39 is 0 Å². The number of anilines is 1. The number of nitriles is 1. The average Bonchev–Trinajstić information content (AvgIpc) is 2.39. The molecular formula is C14H20N2O. The molecule has 1 rings (SSSR count). The Morgan fingerprint density at radius 1 is 1.35 bits per heavy atom. The van der Waals surface area contributed by atoms with Crippen molar-refractivity contribution < 1.29 is 4.74 Å². The van der Waals surface area contributed by atoms with Crippen LogP contribution in [0.25, 0.3) is 0 Å². The van der Waals surface area contributed by atoms with Crippen molar-refractivity contribution in [2.75, 3.05) is 25.2 Å². The van der Waals surface area contributed by atoms with Crippen molar-refractivity contribution in [1.82, 2.24) is 0 Å². The molecule has 0 fully saturated rings. The maximum absolute atomic E-state index is 8.78. The summed E-state index contributed by atoms with van der Waals surface area (Å²) in [6, 6.07) is 10.3. The van der Waals surface area contributed by atoms with E-state index >= 15 is 0 Å². The lowest BCUT2D eigenvalue weighted by Crippen LogP contribution is -2.35.